The number of hydroxylamine groups is 2. The summed E-state index contributed by atoms with van der Waals surface area (Å²) >= 11 is 2.11. The summed E-state index contributed by atoms with van der Waals surface area (Å²) in [7, 11) is 2.16. The fourth-order valence-electron chi connectivity index (χ4n) is 6.73. The van der Waals surface area contributed by atoms with Gasteiger partial charge >= 0.3 is 0 Å². The maximum absolute atomic E-state index is 6.95. The summed E-state index contributed by atoms with van der Waals surface area (Å²) in [5.74, 6) is 3.32. The summed E-state index contributed by atoms with van der Waals surface area (Å²) in [5.41, 5.74) is 2.66. The third kappa shape index (κ3) is 2.22. The van der Waals surface area contributed by atoms with E-state index in [0.717, 1.165) is 11.8 Å². The van der Waals surface area contributed by atoms with E-state index in [-0.39, 0.29) is 9.80 Å². The predicted molar refractivity (Wildman–Crippen MR) is 110 cm³/mol. The Morgan fingerprint density at radius 1 is 0.778 bits per heavy atom. The van der Waals surface area contributed by atoms with Crippen molar-refractivity contribution < 1.29 is 4.84 Å². The molecule has 1 spiro atoms. The Morgan fingerprint density at radius 2 is 1.26 bits per heavy atom. The fraction of sp³-hybridized carbons (Fsp3) is 0.500. The summed E-state index contributed by atoms with van der Waals surface area (Å²) < 4.78 is 0. The lowest BCUT2D eigenvalue weighted by atomic mass is 9.54. The lowest BCUT2D eigenvalue weighted by Crippen LogP contribution is -2.56. The van der Waals surface area contributed by atoms with Crippen molar-refractivity contribution in [3.63, 3.8) is 0 Å². The molecule has 0 radical (unpaired) electrons. The Kier molecular flexibility index (Phi) is 3.61. The Labute approximate surface area is 166 Å². The average molecular weight is 378 g/mol. The number of hydrogen-bond donors (Lipinski definition) is 0. The Balaban J connectivity index is 1.50. The van der Waals surface area contributed by atoms with E-state index in [0.29, 0.717) is 11.8 Å². The van der Waals surface area contributed by atoms with Gasteiger partial charge in [-0.3, -0.25) is 4.84 Å². The molecule has 4 saturated carbocycles. The number of rotatable bonds is 2. The smallest absolute Gasteiger partial charge is 0.144 e. The molecule has 27 heavy (non-hydrogen) atoms. The van der Waals surface area contributed by atoms with E-state index in [1.165, 1.54) is 43.2 Å². The van der Waals surface area contributed by atoms with Gasteiger partial charge < -0.3 is 0 Å². The molecule has 2 nitrogen and oxygen atoms in total. The first kappa shape index (κ1) is 16.6. The molecule has 140 valence electrons. The van der Waals surface area contributed by atoms with E-state index in [9.17, 15) is 0 Å². The van der Waals surface area contributed by atoms with Crippen molar-refractivity contribution in [2.75, 3.05) is 7.05 Å². The highest BCUT2D eigenvalue weighted by Crippen LogP contribution is 2.70. The summed E-state index contributed by atoms with van der Waals surface area (Å²) in [6.07, 6.45) is 6.95. The third-order valence-corrected chi connectivity index (χ3v) is 9.72. The second-order valence-corrected chi connectivity index (χ2v) is 10.5. The molecular weight excluding hydrogens is 350 g/mol. The lowest BCUT2D eigenvalue weighted by Gasteiger charge is -2.58. The van der Waals surface area contributed by atoms with Gasteiger partial charge in [0.15, 0.2) is 0 Å². The fourth-order valence-corrected chi connectivity index (χ4v) is 8.73. The molecule has 4 aliphatic carbocycles. The van der Waals surface area contributed by atoms with E-state index >= 15 is 0 Å². The first-order chi connectivity index (χ1) is 13.2. The molecule has 4 bridgehead atoms. The van der Waals surface area contributed by atoms with E-state index in [1.807, 2.05) is 0 Å². The molecule has 1 saturated heterocycles. The monoisotopic (exact) mass is 377 g/mol. The second kappa shape index (κ2) is 5.85. The Bertz CT molecular complexity index is 768. The summed E-state index contributed by atoms with van der Waals surface area (Å²) in [5, 5.41) is 2.20. The molecule has 0 unspecified atom stereocenters. The number of nitrogens with zero attached hydrogens (tertiary/aromatic N) is 1. The van der Waals surface area contributed by atoms with Crippen LogP contribution in [0.15, 0.2) is 60.7 Å². The summed E-state index contributed by atoms with van der Waals surface area (Å²) in [6, 6.07) is 22.0. The highest BCUT2D eigenvalue weighted by Gasteiger charge is 2.67. The van der Waals surface area contributed by atoms with Crippen LogP contribution in [0.5, 0.6) is 0 Å². The van der Waals surface area contributed by atoms with Crippen LogP contribution < -0.4 is 0 Å². The van der Waals surface area contributed by atoms with E-state index in [2.05, 4.69) is 84.5 Å². The van der Waals surface area contributed by atoms with Gasteiger partial charge in [0.1, 0.15) is 9.80 Å². The average Bonchev–Trinajstić information content (AvgIpc) is 3.02. The zero-order chi connectivity index (χ0) is 18.1. The second-order valence-electron chi connectivity index (χ2n) is 9.09. The van der Waals surface area contributed by atoms with Crippen LogP contribution in [0.1, 0.15) is 43.2 Å². The Hall–Kier alpha value is -1.29. The topological polar surface area (TPSA) is 12.5 Å². The minimum absolute atomic E-state index is 0.0478. The molecule has 0 N–H and O–H groups in total. The molecule has 2 aromatic carbocycles. The molecule has 0 amide bonds. The molecule has 0 atom stereocenters. The van der Waals surface area contributed by atoms with E-state index in [4.69, 9.17) is 4.84 Å². The Morgan fingerprint density at radius 3 is 1.74 bits per heavy atom. The van der Waals surface area contributed by atoms with Crippen LogP contribution in [0.2, 0.25) is 0 Å². The van der Waals surface area contributed by atoms with Gasteiger partial charge in [-0.15, -0.1) is 0 Å². The first-order valence-corrected chi connectivity index (χ1v) is 11.3. The highest BCUT2D eigenvalue weighted by atomic mass is 32.2. The van der Waals surface area contributed by atoms with Gasteiger partial charge in [0, 0.05) is 18.9 Å². The minimum atomic E-state index is -0.266. The molecule has 0 aromatic heterocycles. The number of benzene rings is 2. The van der Waals surface area contributed by atoms with Gasteiger partial charge in [0.2, 0.25) is 0 Å². The van der Waals surface area contributed by atoms with Crippen molar-refractivity contribution in [1.29, 1.82) is 0 Å². The number of thioether (sulfide) groups is 1. The van der Waals surface area contributed by atoms with Crippen molar-refractivity contribution in [3.8, 4) is 0 Å². The molecule has 5 fully saturated rings. The van der Waals surface area contributed by atoms with Crippen molar-refractivity contribution in [1.82, 2.24) is 5.06 Å². The van der Waals surface area contributed by atoms with Crippen molar-refractivity contribution in [2.45, 2.75) is 41.9 Å². The quantitative estimate of drug-likeness (QED) is 0.671. The van der Waals surface area contributed by atoms with Gasteiger partial charge in [-0.05, 0) is 55.1 Å². The highest BCUT2D eigenvalue weighted by molar-refractivity contribution is 8.01. The van der Waals surface area contributed by atoms with Gasteiger partial charge in [-0.1, -0.05) is 72.4 Å². The molecule has 5 aliphatic rings. The van der Waals surface area contributed by atoms with Crippen molar-refractivity contribution in [2.24, 2.45) is 23.7 Å². The van der Waals surface area contributed by atoms with Crippen LogP contribution in [0.3, 0.4) is 0 Å². The van der Waals surface area contributed by atoms with Crippen LogP contribution in [0.25, 0.3) is 0 Å². The van der Waals surface area contributed by atoms with Crippen molar-refractivity contribution in [3.05, 3.63) is 71.8 Å². The van der Waals surface area contributed by atoms with Crippen molar-refractivity contribution >= 4 is 11.8 Å². The van der Waals surface area contributed by atoms with Gasteiger partial charge in [-0.2, -0.15) is 5.06 Å². The zero-order valence-electron chi connectivity index (χ0n) is 15.9. The predicted octanol–water partition coefficient (Wildman–Crippen LogP) is 5.65. The SMILES string of the molecule is CN1OC2(SC1(c1ccccc1)c1ccccc1)C1CC3CC(C1)CC2C3. The first-order valence-electron chi connectivity index (χ1n) is 10.4. The van der Waals surface area contributed by atoms with Gasteiger partial charge in [-0.25, -0.2) is 0 Å². The lowest BCUT2D eigenvalue weighted by molar-refractivity contribution is -0.262. The summed E-state index contributed by atoms with van der Waals surface area (Å²) in [4.78, 5) is 6.63. The zero-order valence-corrected chi connectivity index (χ0v) is 16.7. The molecule has 3 heteroatoms. The van der Waals surface area contributed by atoms with Gasteiger partial charge in [0.05, 0.1) is 0 Å². The maximum atomic E-state index is 6.95. The van der Waals surface area contributed by atoms with E-state index in [1.54, 1.807) is 0 Å². The van der Waals surface area contributed by atoms with Crippen LogP contribution in [-0.4, -0.2) is 17.0 Å². The number of hydrogen-bond acceptors (Lipinski definition) is 3. The molecule has 7 rings (SSSR count). The van der Waals surface area contributed by atoms with Crippen LogP contribution >= 0.6 is 11.8 Å². The molecule has 1 aliphatic heterocycles. The third-order valence-electron chi connectivity index (χ3n) is 7.64. The van der Waals surface area contributed by atoms with Crippen LogP contribution in [0.4, 0.5) is 0 Å². The maximum Gasteiger partial charge on any atom is 0.144 e. The largest absolute Gasteiger partial charge is 0.279 e. The van der Waals surface area contributed by atoms with Crippen LogP contribution in [-0.2, 0) is 9.71 Å². The van der Waals surface area contributed by atoms with Gasteiger partial charge in [0.25, 0.3) is 0 Å². The normalized spacial score (nSPS) is 39.3. The summed E-state index contributed by atoms with van der Waals surface area (Å²) in [6.45, 7) is 0. The molecule has 2 aromatic rings. The van der Waals surface area contributed by atoms with E-state index < -0.39 is 0 Å². The molecule has 1 heterocycles. The minimum Gasteiger partial charge on any atom is -0.279 e. The van der Waals surface area contributed by atoms with Crippen LogP contribution in [0, 0.1) is 23.7 Å². The molecular formula is C24H27NOS. The standard InChI is InChI=1S/C24H27NOS/c1-25-23(19-8-4-2-5-9-19,20-10-6-3-7-11-20)27-24(26-25)21-13-17-12-18(15-21)16-22(24)14-17/h2-11,17-18,21-22H,12-16H2,1H3.